The number of rotatable bonds is 4. The fourth-order valence-corrected chi connectivity index (χ4v) is 3.47. The highest BCUT2D eigenvalue weighted by molar-refractivity contribution is 5.96. The van der Waals surface area contributed by atoms with Crippen molar-refractivity contribution in [3.63, 3.8) is 0 Å². The van der Waals surface area contributed by atoms with Crippen molar-refractivity contribution in [3.05, 3.63) is 35.4 Å². The minimum absolute atomic E-state index is 0.0313. The molecule has 0 saturated carbocycles. The van der Waals surface area contributed by atoms with E-state index in [-0.39, 0.29) is 17.6 Å². The number of benzene rings is 1. The zero-order chi connectivity index (χ0) is 16.3. The van der Waals surface area contributed by atoms with Gasteiger partial charge in [-0.05, 0) is 25.5 Å². The third kappa shape index (κ3) is 3.27. The highest BCUT2D eigenvalue weighted by Gasteiger charge is 2.49. The number of hydrogen-bond donors (Lipinski definition) is 0. The SMILES string of the molecule is CCOC[C@H]1C[C@]2(COCCN2C(=O)c2ccccc2C)CO1. The molecular weight excluding hydrogens is 294 g/mol. The van der Waals surface area contributed by atoms with Crippen LogP contribution < -0.4 is 0 Å². The summed E-state index contributed by atoms with van der Waals surface area (Å²) in [6.07, 6.45) is 0.800. The Labute approximate surface area is 137 Å². The first-order valence-corrected chi connectivity index (χ1v) is 8.31. The molecule has 5 heteroatoms. The van der Waals surface area contributed by atoms with E-state index in [0.29, 0.717) is 39.6 Å². The van der Waals surface area contributed by atoms with Crippen LogP contribution in [0.4, 0.5) is 0 Å². The molecule has 2 atom stereocenters. The summed E-state index contributed by atoms with van der Waals surface area (Å²) >= 11 is 0. The maximum absolute atomic E-state index is 13.1. The molecule has 3 rings (SSSR count). The second-order valence-corrected chi connectivity index (χ2v) is 6.35. The van der Waals surface area contributed by atoms with Gasteiger partial charge >= 0.3 is 0 Å². The smallest absolute Gasteiger partial charge is 0.254 e. The van der Waals surface area contributed by atoms with Gasteiger partial charge in [0.2, 0.25) is 0 Å². The molecule has 1 aromatic carbocycles. The van der Waals surface area contributed by atoms with Gasteiger partial charge in [-0.2, -0.15) is 0 Å². The van der Waals surface area contributed by atoms with Crippen LogP contribution in [0.15, 0.2) is 24.3 Å². The number of hydrogen-bond acceptors (Lipinski definition) is 4. The lowest BCUT2D eigenvalue weighted by atomic mass is 9.92. The number of morpholine rings is 1. The molecule has 2 saturated heterocycles. The van der Waals surface area contributed by atoms with Crippen LogP contribution in [-0.2, 0) is 14.2 Å². The van der Waals surface area contributed by atoms with Crippen LogP contribution in [0, 0.1) is 6.92 Å². The molecule has 0 N–H and O–H groups in total. The summed E-state index contributed by atoms with van der Waals surface area (Å²) in [6.45, 7) is 7.44. The van der Waals surface area contributed by atoms with Crippen LogP contribution in [0.5, 0.6) is 0 Å². The lowest BCUT2D eigenvalue weighted by molar-refractivity contribution is -0.0559. The van der Waals surface area contributed by atoms with Crippen LogP contribution in [-0.4, -0.2) is 62.0 Å². The van der Waals surface area contributed by atoms with Crippen LogP contribution in [0.25, 0.3) is 0 Å². The van der Waals surface area contributed by atoms with Crippen LogP contribution in [0.1, 0.15) is 29.3 Å². The van der Waals surface area contributed by atoms with Crippen LogP contribution in [0.2, 0.25) is 0 Å². The molecule has 2 heterocycles. The van der Waals surface area contributed by atoms with Gasteiger partial charge in [-0.25, -0.2) is 0 Å². The van der Waals surface area contributed by atoms with E-state index >= 15 is 0 Å². The predicted molar refractivity (Wildman–Crippen MR) is 86.6 cm³/mol. The second-order valence-electron chi connectivity index (χ2n) is 6.35. The van der Waals surface area contributed by atoms with Crippen molar-refractivity contribution in [2.45, 2.75) is 31.9 Å². The van der Waals surface area contributed by atoms with Crippen molar-refractivity contribution in [2.24, 2.45) is 0 Å². The molecule has 2 fully saturated rings. The third-order valence-electron chi connectivity index (χ3n) is 4.73. The molecule has 1 amide bonds. The Morgan fingerprint density at radius 1 is 1.39 bits per heavy atom. The summed E-state index contributed by atoms with van der Waals surface area (Å²) in [7, 11) is 0. The summed E-state index contributed by atoms with van der Waals surface area (Å²) in [5, 5.41) is 0. The average Bonchev–Trinajstić information content (AvgIpc) is 2.96. The van der Waals surface area contributed by atoms with E-state index in [0.717, 1.165) is 17.5 Å². The molecule has 5 nitrogen and oxygen atoms in total. The highest BCUT2D eigenvalue weighted by Crippen LogP contribution is 2.34. The Bertz CT molecular complexity index is 562. The van der Waals surface area contributed by atoms with Gasteiger partial charge in [0.25, 0.3) is 5.91 Å². The zero-order valence-corrected chi connectivity index (χ0v) is 13.9. The van der Waals surface area contributed by atoms with Crippen molar-refractivity contribution in [2.75, 3.05) is 39.6 Å². The minimum Gasteiger partial charge on any atom is -0.379 e. The largest absolute Gasteiger partial charge is 0.379 e. The van der Waals surface area contributed by atoms with E-state index in [1.54, 1.807) is 0 Å². The van der Waals surface area contributed by atoms with Gasteiger partial charge in [-0.15, -0.1) is 0 Å². The lowest BCUT2D eigenvalue weighted by Gasteiger charge is -2.43. The first kappa shape index (κ1) is 16.4. The Balaban J connectivity index is 1.80. The number of ether oxygens (including phenoxy) is 3. The Morgan fingerprint density at radius 2 is 2.22 bits per heavy atom. The van der Waals surface area contributed by atoms with Crippen molar-refractivity contribution < 1.29 is 19.0 Å². The second kappa shape index (κ2) is 6.99. The van der Waals surface area contributed by atoms with E-state index in [1.165, 1.54) is 0 Å². The first-order chi connectivity index (χ1) is 11.2. The van der Waals surface area contributed by atoms with E-state index in [2.05, 4.69) is 0 Å². The molecule has 2 aliphatic rings. The molecule has 0 bridgehead atoms. The monoisotopic (exact) mass is 319 g/mol. The summed E-state index contributed by atoms with van der Waals surface area (Å²) in [6, 6.07) is 7.74. The highest BCUT2D eigenvalue weighted by atomic mass is 16.5. The molecule has 1 aromatic rings. The van der Waals surface area contributed by atoms with Crippen molar-refractivity contribution in [1.82, 2.24) is 4.90 Å². The molecule has 2 aliphatic heterocycles. The third-order valence-corrected chi connectivity index (χ3v) is 4.73. The summed E-state index contributed by atoms with van der Waals surface area (Å²) in [4.78, 5) is 15.0. The minimum atomic E-state index is -0.362. The number of aryl methyl sites for hydroxylation is 1. The van der Waals surface area contributed by atoms with Gasteiger partial charge in [0.05, 0.1) is 38.1 Å². The van der Waals surface area contributed by atoms with E-state index < -0.39 is 0 Å². The number of carbonyl (C=O) groups excluding carboxylic acids is 1. The maximum atomic E-state index is 13.1. The number of carbonyl (C=O) groups is 1. The maximum Gasteiger partial charge on any atom is 0.254 e. The molecule has 0 radical (unpaired) electrons. The molecule has 0 unspecified atom stereocenters. The van der Waals surface area contributed by atoms with E-state index in [9.17, 15) is 4.79 Å². The van der Waals surface area contributed by atoms with Crippen molar-refractivity contribution in [1.29, 1.82) is 0 Å². The normalized spacial score (nSPS) is 27.6. The number of nitrogens with zero attached hydrogens (tertiary/aromatic N) is 1. The average molecular weight is 319 g/mol. The van der Waals surface area contributed by atoms with E-state index in [1.807, 2.05) is 43.0 Å². The standard InChI is InChI=1S/C18H25NO4/c1-3-21-11-15-10-18(13-23-15)12-22-9-8-19(18)17(20)16-7-5-4-6-14(16)2/h4-7,15H,3,8-13H2,1-2H3/t15-,18+/m1/s1. The van der Waals surface area contributed by atoms with Gasteiger partial charge < -0.3 is 19.1 Å². The van der Waals surface area contributed by atoms with Crippen LogP contribution >= 0.6 is 0 Å². The zero-order valence-electron chi connectivity index (χ0n) is 13.9. The Morgan fingerprint density at radius 3 is 3.00 bits per heavy atom. The quantitative estimate of drug-likeness (QED) is 0.852. The predicted octanol–water partition coefficient (Wildman–Crippen LogP) is 2.03. The Hall–Kier alpha value is -1.43. The fraction of sp³-hybridized carbons (Fsp3) is 0.611. The first-order valence-electron chi connectivity index (χ1n) is 8.31. The van der Waals surface area contributed by atoms with Gasteiger partial charge in [0.1, 0.15) is 0 Å². The lowest BCUT2D eigenvalue weighted by Crippen LogP contribution is -2.60. The topological polar surface area (TPSA) is 48.0 Å². The van der Waals surface area contributed by atoms with Gasteiger partial charge in [-0.3, -0.25) is 4.79 Å². The molecular formula is C18H25NO4. The van der Waals surface area contributed by atoms with Gasteiger partial charge in [0, 0.05) is 25.1 Å². The molecule has 126 valence electrons. The molecule has 0 aromatic heterocycles. The summed E-state index contributed by atoms with van der Waals surface area (Å²) in [5.74, 6) is 0.0760. The molecule has 23 heavy (non-hydrogen) atoms. The molecule has 1 spiro atoms. The van der Waals surface area contributed by atoms with Crippen molar-refractivity contribution in [3.8, 4) is 0 Å². The van der Waals surface area contributed by atoms with E-state index in [4.69, 9.17) is 14.2 Å². The summed E-state index contributed by atoms with van der Waals surface area (Å²) in [5.41, 5.74) is 1.41. The fourth-order valence-electron chi connectivity index (χ4n) is 3.47. The van der Waals surface area contributed by atoms with Crippen LogP contribution in [0.3, 0.4) is 0 Å². The van der Waals surface area contributed by atoms with Gasteiger partial charge in [-0.1, -0.05) is 18.2 Å². The van der Waals surface area contributed by atoms with Crippen molar-refractivity contribution >= 4 is 5.91 Å². The Kier molecular flexibility index (Phi) is 4.99. The summed E-state index contributed by atoms with van der Waals surface area (Å²) < 4.78 is 17.1. The van der Waals surface area contributed by atoms with Gasteiger partial charge in [0.15, 0.2) is 0 Å². The molecule has 0 aliphatic carbocycles. The number of amides is 1.